The van der Waals surface area contributed by atoms with Crippen LogP contribution in [0, 0.1) is 0 Å². The van der Waals surface area contributed by atoms with Gasteiger partial charge in [-0.2, -0.15) is 0 Å². The topological polar surface area (TPSA) is 65.7 Å². The van der Waals surface area contributed by atoms with Gasteiger partial charge in [0.25, 0.3) is 0 Å². The SMILES string of the molecule is CCC(=O)OCCCCCCCCCCSc1cc(=O)oc2cc(OC(F)(F)F)ccc12. The molecule has 0 saturated carbocycles. The molecule has 0 N–H and O–H groups in total. The van der Waals surface area contributed by atoms with E-state index in [-0.39, 0.29) is 11.6 Å². The molecule has 9 heteroatoms. The molecule has 0 aliphatic rings. The molecule has 0 amide bonds. The van der Waals surface area contributed by atoms with Crippen molar-refractivity contribution in [1.29, 1.82) is 0 Å². The number of carbonyl (C=O) groups excluding carboxylic acids is 1. The number of ether oxygens (including phenoxy) is 2. The smallest absolute Gasteiger partial charge is 0.466 e. The molecule has 0 unspecified atom stereocenters. The van der Waals surface area contributed by atoms with Crippen LogP contribution in [0.5, 0.6) is 5.75 Å². The van der Waals surface area contributed by atoms with Gasteiger partial charge in [-0.1, -0.05) is 45.4 Å². The van der Waals surface area contributed by atoms with E-state index in [1.807, 2.05) is 0 Å². The third-order valence-corrected chi connectivity index (χ3v) is 5.90. The lowest BCUT2D eigenvalue weighted by atomic mass is 10.1. The van der Waals surface area contributed by atoms with Gasteiger partial charge in [0, 0.05) is 28.8 Å². The summed E-state index contributed by atoms with van der Waals surface area (Å²) in [6.45, 7) is 2.29. The Balaban J connectivity index is 1.66. The lowest BCUT2D eigenvalue weighted by Crippen LogP contribution is -2.17. The van der Waals surface area contributed by atoms with Crippen molar-refractivity contribution in [2.24, 2.45) is 0 Å². The molecule has 0 fully saturated rings. The molecule has 32 heavy (non-hydrogen) atoms. The number of unbranched alkanes of at least 4 members (excludes halogenated alkanes) is 7. The third kappa shape index (κ3) is 9.97. The lowest BCUT2D eigenvalue weighted by Gasteiger charge is -2.10. The number of fused-ring (bicyclic) bond motifs is 1. The quantitative estimate of drug-likeness (QED) is 0.129. The number of thioether (sulfide) groups is 1. The normalized spacial score (nSPS) is 11.6. The highest BCUT2D eigenvalue weighted by Crippen LogP contribution is 2.31. The van der Waals surface area contributed by atoms with Crippen LogP contribution in [0.3, 0.4) is 0 Å². The van der Waals surface area contributed by atoms with Crippen molar-refractivity contribution in [2.75, 3.05) is 12.4 Å². The van der Waals surface area contributed by atoms with E-state index in [9.17, 15) is 22.8 Å². The summed E-state index contributed by atoms with van der Waals surface area (Å²) >= 11 is 1.50. The summed E-state index contributed by atoms with van der Waals surface area (Å²) in [4.78, 5) is 23.5. The first-order chi connectivity index (χ1) is 15.3. The van der Waals surface area contributed by atoms with Gasteiger partial charge >= 0.3 is 18.0 Å². The number of alkyl halides is 3. The van der Waals surface area contributed by atoms with Crippen LogP contribution in [-0.2, 0) is 9.53 Å². The maximum atomic E-state index is 12.4. The number of hydrogen-bond donors (Lipinski definition) is 0. The van der Waals surface area contributed by atoms with Crippen LogP contribution in [-0.4, -0.2) is 24.7 Å². The molecule has 5 nitrogen and oxygen atoms in total. The maximum absolute atomic E-state index is 12.4. The molecular weight excluding hydrogens is 445 g/mol. The average Bonchev–Trinajstić information content (AvgIpc) is 2.72. The van der Waals surface area contributed by atoms with Crippen LogP contribution in [0.2, 0.25) is 0 Å². The zero-order valence-corrected chi connectivity index (χ0v) is 19.0. The van der Waals surface area contributed by atoms with E-state index in [4.69, 9.17) is 9.15 Å². The summed E-state index contributed by atoms with van der Waals surface area (Å²) in [5, 5.41) is 0.591. The molecule has 0 atom stereocenters. The van der Waals surface area contributed by atoms with Crippen LogP contribution in [0.15, 0.2) is 38.4 Å². The largest absolute Gasteiger partial charge is 0.573 e. The van der Waals surface area contributed by atoms with Crippen molar-refractivity contribution in [3.8, 4) is 5.75 Å². The monoisotopic (exact) mass is 474 g/mol. The van der Waals surface area contributed by atoms with Gasteiger partial charge in [0.15, 0.2) is 0 Å². The molecule has 0 bridgehead atoms. The van der Waals surface area contributed by atoms with Gasteiger partial charge in [-0.15, -0.1) is 24.9 Å². The second-order valence-corrected chi connectivity index (χ2v) is 8.52. The number of esters is 1. The first kappa shape index (κ1) is 26.1. The molecule has 0 radical (unpaired) electrons. The molecule has 2 rings (SSSR count). The fraction of sp³-hybridized carbons (Fsp3) is 0.565. The van der Waals surface area contributed by atoms with Crippen molar-refractivity contribution in [3.63, 3.8) is 0 Å². The minimum atomic E-state index is -4.80. The Kier molecular flexibility index (Phi) is 10.9. The van der Waals surface area contributed by atoms with Crippen molar-refractivity contribution in [3.05, 3.63) is 34.7 Å². The first-order valence-corrected chi connectivity index (χ1v) is 11.9. The zero-order valence-electron chi connectivity index (χ0n) is 18.2. The third-order valence-electron chi connectivity index (χ3n) is 4.76. The van der Waals surface area contributed by atoms with Crippen LogP contribution < -0.4 is 10.4 Å². The van der Waals surface area contributed by atoms with Crippen LogP contribution in [0.4, 0.5) is 13.2 Å². The number of hydrogen-bond acceptors (Lipinski definition) is 6. The molecule has 1 aromatic carbocycles. The second-order valence-electron chi connectivity index (χ2n) is 7.39. The Morgan fingerprint density at radius 3 is 2.31 bits per heavy atom. The van der Waals surface area contributed by atoms with Crippen LogP contribution in [0.1, 0.15) is 64.7 Å². The van der Waals surface area contributed by atoms with E-state index in [0.717, 1.165) is 63.2 Å². The van der Waals surface area contributed by atoms with E-state index < -0.39 is 17.7 Å². The first-order valence-electron chi connectivity index (χ1n) is 10.9. The van der Waals surface area contributed by atoms with E-state index in [1.54, 1.807) is 6.92 Å². The molecule has 0 aliphatic carbocycles. The molecular formula is C23H29F3O5S. The Hall–Kier alpha value is -2.16. The van der Waals surface area contributed by atoms with Gasteiger partial charge in [0.2, 0.25) is 0 Å². The predicted octanol–water partition coefficient (Wildman–Crippen LogP) is 6.86. The Morgan fingerprint density at radius 2 is 1.66 bits per heavy atom. The minimum absolute atomic E-state index is 0.0752. The average molecular weight is 475 g/mol. The predicted molar refractivity (Wildman–Crippen MR) is 118 cm³/mol. The maximum Gasteiger partial charge on any atom is 0.573 e. The number of benzene rings is 1. The summed E-state index contributed by atoms with van der Waals surface area (Å²) in [7, 11) is 0. The highest BCUT2D eigenvalue weighted by molar-refractivity contribution is 7.99. The minimum Gasteiger partial charge on any atom is -0.466 e. The van der Waals surface area contributed by atoms with Gasteiger partial charge in [-0.05, 0) is 30.7 Å². The molecule has 1 aromatic heterocycles. The number of rotatable bonds is 14. The summed E-state index contributed by atoms with van der Waals surface area (Å²) in [5.74, 6) is 0.243. The summed E-state index contributed by atoms with van der Waals surface area (Å²) in [6.07, 6.45) is 4.20. The highest BCUT2D eigenvalue weighted by Gasteiger charge is 2.31. The molecule has 178 valence electrons. The number of halogens is 3. The fourth-order valence-corrected chi connectivity index (χ4v) is 4.24. The van der Waals surface area contributed by atoms with Crippen molar-refractivity contribution >= 4 is 28.7 Å². The number of carbonyl (C=O) groups is 1. The molecule has 0 aliphatic heterocycles. The Bertz CT molecular complexity index is 911. The van der Waals surface area contributed by atoms with E-state index >= 15 is 0 Å². The summed E-state index contributed by atoms with van der Waals surface area (Å²) in [6, 6.07) is 5.15. The van der Waals surface area contributed by atoms with Gasteiger partial charge in [0.1, 0.15) is 11.3 Å². The zero-order chi connectivity index (χ0) is 23.4. The molecule has 2 aromatic rings. The molecule has 0 spiro atoms. The van der Waals surface area contributed by atoms with Gasteiger partial charge in [-0.25, -0.2) is 4.79 Å². The van der Waals surface area contributed by atoms with E-state index in [2.05, 4.69) is 4.74 Å². The molecule has 0 saturated heterocycles. The standard InChI is InChI=1S/C23H29F3O5S/c1-2-21(27)29-13-9-7-5-3-4-6-8-10-14-32-20-16-22(28)30-19-15-17(11-12-18(19)20)31-23(24,25)26/h11-12,15-16H,2-10,13-14H2,1H3. The van der Waals surface area contributed by atoms with Gasteiger partial charge in [-0.3, -0.25) is 4.79 Å². The Morgan fingerprint density at radius 1 is 1.00 bits per heavy atom. The summed E-state index contributed by atoms with van der Waals surface area (Å²) in [5.41, 5.74) is -0.528. The summed E-state index contributed by atoms with van der Waals surface area (Å²) < 4.78 is 51.1. The second kappa shape index (κ2) is 13.4. The van der Waals surface area contributed by atoms with Gasteiger partial charge < -0.3 is 13.9 Å². The lowest BCUT2D eigenvalue weighted by molar-refractivity contribution is -0.274. The highest BCUT2D eigenvalue weighted by atomic mass is 32.2. The molecule has 1 heterocycles. The van der Waals surface area contributed by atoms with Crippen molar-refractivity contribution in [2.45, 2.75) is 76.0 Å². The van der Waals surface area contributed by atoms with Crippen molar-refractivity contribution in [1.82, 2.24) is 0 Å². The fourth-order valence-electron chi connectivity index (χ4n) is 3.16. The van der Waals surface area contributed by atoms with Crippen LogP contribution in [0.25, 0.3) is 11.0 Å². The van der Waals surface area contributed by atoms with Crippen LogP contribution >= 0.6 is 11.8 Å². The Labute approximate surface area is 189 Å². The van der Waals surface area contributed by atoms with E-state index in [0.29, 0.717) is 23.3 Å². The van der Waals surface area contributed by atoms with E-state index in [1.165, 1.54) is 30.0 Å². The van der Waals surface area contributed by atoms with Crippen molar-refractivity contribution < 1.29 is 31.9 Å². The van der Waals surface area contributed by atoms with Gasteiger partial charge in [0.05, 0.1) is 6.61 Å².